The largest absolute Gasteiger partial charge is 0.355 e. The van der Waals surface area contributed by atoms with E-state index in [9.17, 15) is 8.42 Å². The van der Waals surface area contributed by atoms with E-state index in [1.807, 2.05) is 13.8 Å². The number of aromatic nitrogens is 2. The zero-order chi connectivity index (χ0) is 16.0. The topological polar surface area (TPSA) is 63.2 Å². The standard InChI is InChI=1S/C15H21N3O2S2/c1-4-11-9-12-13(16-10-17-14(12)21-11)18-6-5-15(2,3)22(19,20)8-7-18/h9-10H,4-8H2,1-3H3. The number of sulfone groups is 1. The maximum atomic E-state index is 12.4. The molecule has 1 aliphatic rings. The van der Waals surface area contributed by atoms with Gasteiger partial charge in [0, 0.05) is 18.0 Å². The second-order valence-corrected chi connectivity index (χ2v) is 10.2. The predicted octanol–water partition coefficient (Wildman–Crippen LogP) is 2.66. The third-order valence-corrected chi connectivity index (χ3v) is 8.26. The van der Waals surface area contributed by atoms with Gasteiger partial charge in [-0.3, -0.25) is 0 Å². The molecule has 2 aromatic heterocycles. The summed E-state index contributed by atoms with van der Waals surface area (Å²) >= 11 is 1.68. The van der Waals surface area contributed by atoms with Crippen molar-refractivity contribution in [1.29, 1.82) is 0 Å². The monoisotopic (exact) mass is 339 g/mol. The molecular formula is C15H21N3O2S2. The molecule has 120 valence electrons. The Bertz CT molecular complexity index is 796. The lowest BCUT2D eigenvalue weighted by atomic mass is 10.1. The van der Waals surface area contributed by atoms with Crippen LogP contribution in [0.4, 0.5) is 5.82 Å². The van der Waals surface area contributed by atoms with E-state index in [4.69, 9.17) is 0 Å². The summed E-state index contributed by atoms with van der Waals surface area (Å²) in [4.78, 5) is 13.1. The van der Waals surface area contributed by atoms with Crippen molar-refractivity contribution in [2.24, 2.45) is 0 Å². The van der Waals surface area contributed by atoms with Crippen LogP contribution in [0.3, 0.4) is 0 Å². The summed E-state index contributed by atoms with van der Waals surface area (Å²) in [6.45, 7) is 6.96. The summed E-state index contributed by atoms with van der Waals surface area (Å²) in [6.07, 6.45) is 3.17. The maximum Gasteiger partial charge on any atom is 0.157 e. The number of hydrogen-bond donors (Lipinski definition) is 0. The minimum absolute atomic E-state index is 0.177. The summed E-state index contributed by atoms with van der Waals surface area (Å²) in [7, 11) is -3.07. The summed E-state index contributed by atoms with van der Waals surface area (Å²) < 4.78 is 24.0. The second kappa shape index (κ2) is 5.45. The van der Waals surface area contributed by atoms with Crippen LogP contribution in [0.15, 0.2) is 12.4 Å². The Kier molecular flexibility index (Phi) is 3.89. The van der Waals surface area contributed by atoms with Gasteiger partial charge >= 0.3 is 0 Å². The van der Waals surface area contributed by atoms with E-state index in [1.165, 1.54) is 4.88 Å². The van der Waals surface area contributed by atoms with Crippen LogP contribution in [-0.4, -0.2) is 42.0 Å². The molecule has 2 aromatic rings. The van der Waals surface area contributed by atoms with Crippen LogP contribution in [0.2, 0.25) is 0 Å². The lowest BCUT2D eigenvalue weighted by molar-refractivity contribution is 0.538. The van der Waals surface area contributed by atoms with Gasteiger partial charge in [0.1, 0.15) is 17.0 Å². The third kappa shape index (κ3) is 2.60. The Hall–Kier alpha value is -1.21. The van der Waals surface area contributed by atoms with E-state index >= 15 is 0 Å². The fourth-order valence-corrected chi connectivity index (χ4v) is 5.05. The van der Waals surface area contributed by atoms with Crippen molar-refractivity contribution in [3.8, 4) is 0 Å². The van der Waals surface area contributed by atoms with Crippen molar-refractivity contribution >= 4 is 37.2 Å². The molecular weight excluding hydrogens is 318 g/mol. The summed E-state index contributed by atoms with van der Waals surface area (Å²) in [5.74, 6) is 1.05. The number of fused-ring (bicyclic) bond motifs is 1. The molecule has 0 saturated carbocycles. The van der Waals surface area contributed by atoms with Gasteiger partial charge < -0.3 is 4.90 Å². The maximum absolute atomic E-state index is 12.4. The van der Waals surface area contributed by atoms with Gasteiger partial charge in [-0.2, -0.15) is 0 Å². The van der Waals surface area contributed by atoms with Crippen molar-refractivity contribution < 1.29 is 8.42 Å². The first-order valence-corrected chi connectivity index (χ1v) is 10.0. The van der Waals surface area contributed by atoms with Crippen molar-refractivity contribution in [3.63, 3.8) is 0 Å². The molecule has 0 atom stereocenters. The van der Waals surface area contributed by atoms with Crippen LogP contribution in [-0.2, 0) is 16.3 Å². The fraction of sp³-hybridized carbons (Fsp3) is 0.600. The Morgan fingerprint density at radius 3 is 2.82 bits per heavy atom. The predicted molar refractivity (Wildman–Crippen MR) is 91.5 cm³/mol. The zero-order valence-electron chi connectivity index (χ0n) is 13.2. The molecule has 0 aromatic carbocycles. The molecule has 1 fully saturated rings. The number of aryl methyl sites for hydroxylation is 1. The molecule has 1 saturated heterocycles. The molecule has 0 unspecified atom stereocenters. The lowest BCUT2D eigenvalue weighted by Crippen LogP contribution is -2.33. The Morgan fingerprint density at radius 1 is 1.32 bits per heavy atom. The van der Waals surface area contributed by atoms with E-state index in [-0.39, 0.29) is 5.75 Å². The number of hydrogen-bond acceptors (Lipinski definition) is 6. The first kappa shape index (κ1) is 15.7. The van der Waals surface area contributed by atoms with E-state index in [0.29, 0.717) is 19.5 Å². The van der Waals surface area contributed by atoms with Crippen LogP contribution in [0, 0.1) is 0 Å². The average molecular weight is 339 g/mol. The molecule has 0 amide bonds. The van der Waals surface area contributed by atoms with Gasteiger partial charge in [0.2, 0.25) is 0 Å². The summed E-state index contributed by atoms with van der Waals surface area (Å²) in [5.41, 5.74) is 0. The third-order valence-electron chi connectivity index (χ3n) is 4.46. The lowest BCUT2D eigenvalue weighted by Gasteiger charge is -2.23. The van der Waals surface area contributed by atoms with Crippen LogP contribution < -0.4 is 4.90 Å². The molecule has 3 heterocycles. The van der Waals surface area contributed by atoms with Crippen LogP contribution in [0.5, 0.6) is 0 Å². The average Bonchev–Trinajstić information content (AvgIpc) is 2.86. The fourth-order valence-electron chi connectivity index (χ4n) is 2.71. The highest BCUT2D eigenvalue weighted by atomic mass is 32.2. The SMILES string of the molecule is CCc1cc2c(N3CCC(C)(C)S(=O)(=O)CC3)ncnc2s1. The summed E-state index contributed by atoms with van der Waals surface area (Å²) in [6, 6.07) is 2.14. The van der Waals surface area contributed by atoms with E-state index in [1.54, 1.807) is 17.7 Å². The Morgan fingerprint density at radius 2 is 2.09 bits per heavy atom. The van der Waals surface area contributed by atoms with Gasteiger partial charge in [-0.05, 0) is 32.8 Å². The van der Waals surface area contributed by atoms with Gasteiger partial charge in [-0.1, -0.05) is 6.92 Å². The molecule has 1 aliphatic heterocycles. The van der Waals surface area contributed by atoms with Crippen LogP contribution in [0.25, 0.3) is 10.2 Å². The molecule has 0 N–H and O–H groups in total. The first-order chi connectivity index (χ1) is 10.3. The van der Waals surface area contributed by atoms with E-state index in [0.717, 1.165) is 22.5 Å². The minimum Gasteiger partial charge on any atom is -0.355 e. The molecule has 22 heavy (non-hydrogen) atoms. The van der Waals surface area contributed by atoms with Crippen molar-refractivity contribution in [1.82, 2.24) is 9.97 Å². The molecule has 5 nitrogen and oxygen atoms in total. The Labute approximate surface area is 135 Å². The number of thiophene rings is 1. The second-order valence-electron chi connectivity index (χ2n) is 6.30. The van der Waals surface area contributed by atoms with Crippen LogP contribution >= 0.6 is 11.3 Å². The minimum atomic E-state index is -3.07. The molecule has 0 bridgehead atoms. The Balaban J connectivity index is 2.00. The zero-order valence-corrected chi connectivity index (χ0v) is 14.8. The molecule has 7 heteroatoms. The normalized spacial score (nSPS) is 21.0. The van der Waals surface area contributed by atoms with Gasteiger partial charge in [-0.25, -0.2) is 18.4 Å². The quantitative estimate of drug-likeness (QED) is 0.842. The van der Waals surface area contributed by atoms with Gasteiger partial charge in [0.15, 0.2) is 9.84 Å². The summed E-state index contributed by atoms with van der Waals surface area (Å²) in [5, 5.41) is 1.04. The van der Waals surface area contributed by atoms with Crippen molar-refractivity contribution in [2.75, 3.05) is 23.7 Å². The van der Waals surface area contributed by atoms with Gasteiger partial charge in [0.05, 0.1) is 15.9 Å². The highest BCUT2D eigenvalue weighted by Crippen LogP contribution is 2.33. The van der Waals surface area contributed by atoms with Crippen molar-refractivity contribution in [2.45, 2.75) is 38.4 Å². The number of anilines is 1. The molecule has 3 rings (SSSR count). The van der Waals surface area contributed by atoms with E-state index in [2.05, 4.69) is 27.9 Å². The van der Waals surface area contributed by atoms with Crippen molar-refractivity contribution in [3.05, 3.63) is 17.3 Å². The highest BCUT2D eigenvalue weighted by molar-refractivity contribution is 7.92. The van der Waals surface area contributed by atoms with Gasteiger partial charge in [0.25, 0.3) is 0 Å². The van der Waals surface area contributed by atoms with E-state index < -0.39 is 14.6 Å². The highest BCUT2D eigenvalue weighted by Gasteiger charge is 2.37. The first-order valence-electron chi connectivity index (χ1n) is 7.55. The number of rotatable bonds is 2. The molecule has 0 aliphatic carbocycles. The van der Waals surface area contributed by atoms with Crippen LogP contribution in [0.1, 0.15) is 32.1 Å². The molecule has 0 spiro atoms. The smallest absolute Gasteiger partial charge is 0.157 e. The van der Waals surface area contributed by atoms with Gasteiger partial charge in [-0.15, -0.1) is 11.3 Å². The number of nitrogens with zero attached hydrogens (tertiary/aromatic N) is 3. The molecule has 0 radical (unpaired) electrons.